The molecule has 3 aromatic rings. The van der Waals surface area contributed by atoms with E-state index in [2.05, 4.69) is 41.7 Å². The molecule has 0 spiro atoms. The minimum Gasteiger partial charge on any atom is -0.493 e. The van der Waals surface area contributed by atoms with Gasteiger partial charge in [-0.15, -0.1) is 0 Å². The number of hydrogen-bond donors (Lipinski definition) is 1. The molecule has 0 bridgehead atoms. The van der Waals surface area contributed by atoms with E-state index in [1.165, 1.54) is 5.56 Å². The van der Waals surface area contributed by atoms with Crippen LogP contribution in [0.4, 0.5) is 5.69 Å². The summed E-state index contributed by atoms with van der Waals surface area (Å²) in [5.74, 6) is 1.36. The van der Waals surface area contributed by atoms with Gasteiger partial charge in [0, 0.05) is 5.56 Å². The molecule has 0 saturated heterocycles. The molecule has 0 aliphatic carbocycles. The predicted molar refractivity (Wildman–Crippen MR) is 106 cm³/mol. The van der Waals surface area contributed by atoms with Crippen LogP contribution in [-0.2, 0) is 6.61 Å². The van der Waals surface area contributed by atoms with Gasteiger partial charge in [0.25, 0.3) is 0 Å². The van der Waals surface area contributed by atoms with E-state index in [1.807, 2.05) is 48.5 Å². The van der Waals surface area contributed by atoms with Crippen molar-refractivity contribution in [3.05, 3.63) is 89.5 Å². The first kappa shape index (κ1) is 17.5. The summed E-state index contributed by atoms with van der Waals surface area (Å²) in [6, 6.07) is 23.8. The Hall–Kier alpha value is -3.27. The lowest BCUT2D eigenvalue weighted by Gasteiger charge is -2.13. The smallest absolute Gasteiger partial charge is 0.170 e. The molecule has 132 valence electrons. The number of ether oxygens (including phenoxy) is 2. The highest BCUT2D eigenvalue weighted by Crippen LogP contribution is 2.31. The van der Waals surface area contributed by atoms with Gasteiger partial charge in [-0.25, -0.2) is 0 Å². The van der Waals surface area contributed by atoms with E-state index < -0.39 is 0 Å². The maximum atomic E-state index is 6.04. The van der Waals surface area contributed by atoms with Crippen LogP contribution in [0.5, 0.6) is 11.5 Å². The largest absolute Gasteiger partial charge is 0.493 e. The molecule has 0 aromatic heterocycles. The molecule has 0 fully saturated rings. The fraction of sp³-hybridized carbons (Fsp3) is 0.136. The van der Waals surface area contributed by atoms with Crippen LogP contribution in [0.2, 0.25) is 0 Å². The first-order valence-electron chi connectivity index (χ1n) is 8.46. The van der Waals surface area contributed by atoms with Crippen LogP contribution < -0.4 is 14.9 Å². The second-order valence-corrected chi connectivity index (χ2v) is 5.89. The number of para-hydroxylation sites is 2. The number of anilines is 1. The zero-order valence-corrected chi connectivity index (χ0v) is 15.0. The van der Waals surface area contributed by atoms with Crippen molar-refractivity contribution < 1.29 is 9.47 Å². The molecular formula is C22H22N2O2. The van der Waals surface area contributed by atoms with Crippen LogP contribution in [0.3, 0.4) is 0 Å². The molecule has 0 saturated carbocycles. The van der Waals surface area contributed by atoms with Gasteiger partial charge in [0.15, 0.2) is 11.5 Å². The summed E-state index contributed by atoms with van der Waals surface area (Å²) in [7, 11) is 1.64. The van der Waals surface area contributed by atoms with Crippen LogP contribution in [-0.4, -0.2) is 13.3 Å². The molecule has 1 N–H and O–H groups in total. The van der Waals surface area contributed by atoms with Crippen LogP contribution in [0.15, 0.2) is 77.9 Å². The number of nitrogens with one attached hydrogen (secondary N) is 1. The summed E-state index contributed by atoms with van der Waals surface area (Å²) in [5, 5.41) is 4.30. The zero-order valence-electron chi connectivity index (χ0n) is 15.0. The Kier molecular flexibility index (Phi) is 5.88. The number of rotatable bonds is 7. The highest BCUT2D eigenvalue weighted by atomic mass is 16.5. The Bertz CT molecular complexity index is 859. The van der Waals surface area contributed by atoms with Crippen molar-refractivity contribution in [1.82, 2.24) is 0 Å². The fourth-order valence-corrected chi connectivity index (χ4v) is 2.48. The second kappa shape index (κ2) is 8.72. The third kappa shape index (κ3) is 4.63. The lowest BCUT2D eigenvalue weighted by atomic mass is 10.1. The lowest BCUT2D eigenvalue weighted by molar-refractivity contribution is 0.284. The summed E-state index contributed by atoms with van der Waals surface area (Å²) in [6.07, 6.45) is 1.74. The average molecular weight is 346 g/mol. The van der Waals surface area contributed by atoms with Gasteiger partial charge in [0.2, 0.25) is 0 Å². The molecule has 26 heavy (non-hydrogen) atoms. The third-order valence-electron chi connectivity index (χ3n) is 3.90. The van der Waals surface area contributed by atoms with E-state index in [0.717, 1.165) is 16.8 Å². The molecule has 0 unspecified atom stereocenters. The van der Waals surface area contributed by atoms with Gasteiger partial charge in [0.1, 0.15) is 6.61 Å². The Morgan fingerprint density at radius 2 is 1.69 bits per heavy atom. The van der Waals surface area contributed by atoms with Gasteiger partial charge >= 0.3 is 0 Å². The van der Waals surface area contributed by atoms with E-state index in [0.29, 0.717) is 18.1 Å². The van der Waals surface area contributed by atoms with Gasteiger partial charge in [-0.3, -0.25) is 5.43 Å². The molecule has 0 aliphatic heterocycles. The molecule has 4 heteroatoms. The number of aryl methyl sites for hydroxylation is 1. The number of hydrogen-bond acceptors (Lipinski definition) is 4. The van der Waals surface area contributed by atoms with Crippen LogP contribution in [0.1, 0.15) is 16.7 Å². The summed E-state index contributed by atoms with van der Waals surface area (Å²) in [4.78, 5) is 0. The van der Waals surface area contributed by atoms with Gasteiger partial charge in [0.05, 0.1) is 19.0 Å². The first-order valence-corrected chi connectivity index (χ1v) is 8.46. The molecule has 0 heterocycles. The van der Waals surface area contributed by atoms with E-state index >= 15 is 0 Å². The topological polar surface area (TPSA) is 42.8 Å². The second-order valence-electron chi connectivity index (χ2n) is 5.89. The first-order chi connectivity index (χ1) is 12.8. The number of benzene rings is 3. The van der Waals surface area contributed by atoms with Crippen molar-refractivity contribution in [2.75, 3.05) is 12.5 Å². The highest BCUT2D eigenvalue weighted by molar-refractivity contribution is 5.85. The molecule has 3 aromatic carbocycles. The third-order valence-corrected chi connectivity index (χ3v) is 3.90. The van der Waals surface area contributed by atoms with Crippen molar-refractivity contribution in [2.45, 2.75) is 13.5 Å². The molecule has 3 rings (SSSR count). The maximum Gasteiger partial charge on any atom is 0.170 e. The minimum absolute atomic E-state index is 0.466. The predicted octanol–water partition coefficient (Wildman–Crippen LogP) is 5.03. The van der Waals surface area contributed by atoms with E-state index in [1.54, 1.807) is 13.3 Å². The molecule has 0 atom stereocenters. The molecule has 0 amide bonds. The van der Waals surface area contributed by atoms with Crippen molar-refractivity contribution in [1.29, 1.82) is 0 Å². The van der Waals surface area contributed by atoms with Crippen molar-refractivity contribution in [3.63, 3.8) is 0 Å². The lowest BCUT2D eigenvalue weighted by Crippen LogP contribution is -2.01. The SMILES string of the molecule is COc1cccc(C=NNc2ccccc2)c1OCc1ccc(C)cc1. The number of nitrogens with zero attached hydrogens (tertiary/aromatic N) is 1. The zero-order chi connectivity index (χ0) is 18.2. The van der Waals surface area contributed by atoms with E-state index in [9.17, 15) is 0 Å². The fourth-order valence-electron chi connectivity index (χ4n) is 2.48. The van der Waals surface area contributed by atoms with Gasteiger partial charge in [-0.1, -0.05) is 54.1 Å². The summed E-state index contributed by atoms with van der Waals surface area (Å²) in [5.41, 5.74) is 7.11. The van der Waals surface area contributed by atoms with Crippen LogP contribution in [0, 0.1) is 6.92 Å². The molecule has 4 nitrogen and oxygen atoms in total. The van der Waals surface area contributed by atoms with E-state index in [4.69, 9.17) is 9.47 Å². The molecule has 0 aliphatic rings. The summed E-state index contributed by atoms with van der Waals surface area (Å²) < 4.78 is 11.5. The van der Waals surface area contributed by atoms with E-state index in [-0.39, 0.29) is 0 Å². The standard InChI is InChI=1S/C22H22N2O2/c1-17-11-13-18(14-12-17)16-26-22-19(7-6-10-21(22)25-2)15-23-24-20-8-4-3-5-9-20/h3-15,24H,16H2,1-2H3. The Morgan fingerprint density at radius 1 is 0.923 bits per heavy atom. The Labute approximate surface area is 154 Å². The molecular weight excluding hydrogens is 324 g/mol. The van der Waals surface area contributed by atoms with Crippen molar-refractivity contribution in [3.8, 4) is 11.5 Å². The number of hydrazone groups is 1. The van der Waals surface area contributed by atoms with Crippen molar-refractivity contribution >= 4 is 11.9 Å². The van der Waals surface area contributed by atoms with Gasteiger partial charge < -0.3 is 9.47 Å². The number of methoxy groups -OCH3 is 1. The van der Waals surface area contributed by atoms with Gasteiger partial charge in [-0.05, 0) is 36.8 Å². The summed E-state index contributed by atoms with van der Waals surface area (Å²) in [6.45, 7) is 2.53. The summed E-state index contributed by atoms with van der Waals surface area (Å²) >= 11 is 0. The quantitative estimate of drug-likeness (QED) is 0.482. The van der Waals surface area contributed by atoms with Gasteiger partial charge in [-0.2, -0.15) is 5.10 Å². The Balaban J connectivity index is 1.75. The maximum absolute atomic E-state index is 6.04. The highest BCUT2D eigenvalue weighted by Gasteiger charge is 2.09. The van der Waals surface area contributed by atoms with Crippen LogP contribution in [0.25, 0.3) is 0 Å². The normalized spacial score (nSPS) is 10.7. The molecule has 0 radical (unpaired) electrons. The van der Waals surface area contributed by atoms with Crippen molar-refractivity contribution in [2.24, 2.45) is 5.10 Å². The van der Waals surface area contributed by atoms with Crippen LogP contribution >= 0.6 is 0 Å². The average Bonchev–Trinajstić information content (AvgIpc) is 2.69. The Morgan fingerprint density at radius 3 is 2.42 bits per heavy atom. The minimum atomic E-state index is 0.466. The monoisotopic (exact) mass is 346 g/mol.